The second-order valence-corrected chi connectivity index (χ2v) is 8.83. The molecule has 3 aromatic rings. The normalized spacial score (nSPS) is 13.2. The predicted octanol–water partition coefficient (Wildman–Crippen LogP) is 2.50. The molecule has 0 aromatic heterocycles. The van der Waals surface area contributed by atoms with Gasteiger partial charge in [0.2, 0.25) is 15.9 Å². The Morgan fingerprint density at radius 3 is 1.77 bits per heavy atom. The van der Waals surface area contributed by atoms with Crippen molar-refractivity contribution in [3.8, 4) is 0 Å². The van der Waals surface area contributed by atoms with Crippen molar-refractivity contribution in [2.45, 2.75) is 29.8 Å². The Kier molecular flexibility index (Phi) is 7.70. The van der Waals surface area contributed by atoms with Crippen LogP contribution in [0.2, 0.25) is 0 Å². The minimum Gasteiger partial charge on any atom is -0.345 e. The lowest BCUT2D eigenvalue weighted by atomic mass is 10.0. The lowest BCUT2D eigenvalue weighted by Crippen LogP contribution is -2.51. The first-order valence-corrected chi connectivity index (χ1v) is 11.4. The molecule has 0 fully saturated rings. The number of carbonyl (C=O) groups is 2. The Bertz CT molecular complexity index is 1090. The molecule has 2 atom stereocenters. The average molecular weight is 437 g/mol. The van der Waals surface area contributed by atoms with Gasteiger partial charge in [0.15, 0.2) is 0 Å². The van der Waals surface area contributed by atoms with Gasteiger partial charge in [-0.3, -0.25) is 4.79 Å². The van der Waals surface area contributed by atoms with Crippen LogP contribution in [0.25, 0.3) is 0 Å². The number of nitrogens with one attached hydrogen (secondary N) is 2. The standard InChI is InChI=1S/C24H24N2O4S/c27-18-21(16-19-10-4-1-5-11-19)25-24(28)23(17-20-12-6-2-7-13-20)26-31(29,30)22-14-8-3-9-15-22/h1-15,18,21,23,26H,16-17H2,(H,25,28)/t21-,23?/m0/s1. The van der Waals surface area contributed by atoms with Crippen LogP contribution in [0.3, 0.4) is 0 Å². The first kappa shape index (κ1) is 22.4. The highest BCUT2D eigenvalue weighted by Gasteiger charge is 2.27. The van der Waals surface area contributed by atoms with Gasteiger partial charge in [-0.05, 0) is 36.1 Å². The van der Waals surface area contributed by atoms with E-state index in [1.54, 1.807) is 18.2 Å². The fourth-order valence-electron chi connectivity index (χ4n) is 3.18. The maximum Gasteiger partial charge on any atom is 0.241 e. The molecule has 1 amide bonds. The Morgan fingerprint density at radius 1 is 0.774 bits per heavy atom. The molecular formula is C24H24N2O4S. The van der Waals surface area contributed by atoms with Gasteiger partial charge in [-0.1, -0.05) is 78.9 Å². The SMILES string of the molecule is O=C[C@H](Cc1ccccc1)NC(=O)C(Cc1ccccc1)NS(=O)(=O)c1ccccc1. The van der Waals surface area contributed by atoms with Crippen LogP contribution >= 0.6 is 0 Å². The summed E-state index contributed by atoms with van der Waals surface area (Å²) in [5, 5.41) is 2.68. The molecule has 31 heavy (non-hydrogen) atoms. The fraction of sp³-hybridized carbons (Fsp3) is 0.167. The van der Waals surface area contributed by atoms with E-state index in [4.69, 9.17) is 0 Å². The Morgan fingerprint density at radius 2 is 1.26 bits per heavy atom. The van der Waals surface area contributed by atoms with E-state index in [0.29, 0.717) is 12.7 Å². The molecule has 0 saturated heterocycles. The molecule has 3 rings (SSSR count). The maximum absolute atomic E-state index is 13.0. The van der Waals surface area contributed by atoms with Gasteiger partial charge >= 0.3 is 0 Å². The summed E-state index contributed by atoms with van der Waals surface area (Å²) in [6, 6.07) is 24.4. The third kappa shape index (κ3) is 6.60. The third-order valence-electron chi connectivity index (χ3n) is 4.74. The number of benzene rings is 3. The number of amides is 1. The largest absolute Gasteiger partial charge is 0.345 e. The van der Waals surface area contributed by atoms with Crippen LogP contribution in [0.1, 0.15) is 11.1 Å². The van der Waals surface area contributed by atoms with E-state index in [9.17, 15) is 18.0 Å². The van der Waals surface area contributed by atoms with Gasteiger partial charge in [0.1, 0.15) is 12.3 Å². The highest BCUT2D eigenvalue weighted by atomic mass is 32.2. The number of hydrogen-bond acceptors (Lipinski definition) is 4. The first-order chi connectivity index (χ1) is 15.0. The van der Waals surface area contributed by atoms with E-state index in [1.165, 1.54) is 12.1 Å². The van der Waals surface area contributed by atoms with Crippen molar-refractivity contribution in [1.29, 1.82) is 0 Å². The summed E-state index contributed by atoms with van der Waals surface area (Å²) in [5.74, 6) is -0.559. The zero-order chi connectivity index (χ0) is 22.1. The van der Waals surface area contributed by atoms with E-state index >= 15 is 0 Å². The molecule has 0 radical (unpaired) electrons. The summed E-state index contributed by atoms with van der Waals surface area (Å²) in [7, 11) is -3.93. The van der Waals surface area contributed by atoms with Gasteiger partial charge in [-0.15, -0.1) is 0 Å². The van der Waals surface area contributed by atoms with E-state index in [2.05, 4.69) is 10.0 Å². The van der Waals surface area contributed by atoms with E-state index in [1.807, 2.05) is 60.7 Å². The van der Waals surface area contributed by atoms with Crippen molar-refractivity contribution in [3.05, 3.63) is 102 Å². The van der Waals surface area contributed by atoms with Gasteiger partial charge in [0.25, 0.3) is 0 Å². The fourth-order valence-corrected chi connectivity index (χ4v) is 4.39. The van der Waals surface area contributed by atoms with Gasteiger partial charge in [0, 0.05) is 0 Å². The van der Waals surface area contributed by atoms with Crippen LogP contribution in [0.4, 0.5) is 0 Å². The van der Waals surface area contributed by atoms with Crippen LogP contribution < -0.4 is 10.0 Å². The molecule has 1 unspecified atom stereocenters. The summed E-state index contributed by atoms with van der Waals surface area (Å²) in [6.07, 6.45) is 1.13. The lowest BCUT2D eigenvalue weighted by Gasteiger charge is -2.21. The number of hydrogen-bond donors (Lipinski definition) is 2. The third-order valence-corrected chi connectivity index (χ3v) is 6.23. The van der Waals surface area contributed by atoms with Crippen molar-refractivity contribution in [2.24, 2.45) is 0 Å². The molecular weight excluding hydrogens is 412 g/mol. The highest BCUT2D eigenvalue weighted by Crippen LogP contribution is 2.11. The second kappa shape index (κ2) is 10.7. The second-order valence-electron chi connectivity index (χ2n) is 7.12. The first-order valence-electron chi connectivity index (χ1n) is 9.89. The van der Waals surface area contributed by atoms with Gasteiger partial charge < -0.3 is 10.1 Å². The van der Waals surface area contributed by atoms with Crippen molar-refractivity contribution < 1.29 is 18.0 Å². The number of rotatable bonds is 10. The van der Waals surface area contributed by atoms with Crippen LogP contribution in [0.5, 0.6) is 0 Å². The molecule has 0 aliphatic carbocycles. The molecule has 0 saturated carbocycles. The van der Waals surface area contributed by atoms with E-state index in [0.717, 1.165) is 11.1 Å². The average Bonchev–Trinajstić information content (AvgIpc) is 2.80. The minimum atomic E-state index is -3.93. The van der Waals surface area contributed by atoms with Crippen LogP contribution in [0.15, 0.2) is 95.9 Å². The molecule has 0 spiro atoms. The Balaban J connectivity index is 1.79. The van der Waals surface area contributed by atoms with Crippen molar-refractivity contribution >= 4 is 22.2 Å². The molecule has 3 aromatic carbocycles. The van der Waals surface area contributed by atoms with Gasteiger partial charge in [-0.2, -0.15) is 4.72 Å². The van der Waals surface area contributed by atoms with Crippen molar-refractivity contribution in [1.82, 2.24) is 10.0 Å². The van der Waals surface area contributed by atoms with E-state index in [-0.39, 0.29) is 11.3 Å². The molecule has 0 aliphatic rings. The Labute approximate surface area is 182 Å². The maximum atomic E-state index is 13.0. The van der Waals surface area contributed by atoms with E-state index < -0.39 is 28.0 Å². The molecule has 0 bridgehead atoms. The van der Waals surface area contributed by atoms with Crippen LogP contribution in [0, 0.1) is 0 Å². The molecule has 7 heteroatoms. The molecule has 0 aliphatic heterocycles. The number of sulfonamides is 1. The smallest absolute Gasteiger partial charge is 0.241 e. The highest BCUT2D eigenvalue weighted by molar-refractivity contribution is 7.89. The molecule has 0 heterocycles. The van der Waals surface area contributed by atoms with Crippen molar-refractivity contribution in [2.75, 3.05) is 0 Å². The lowest BCUT2D eigenvalue weighted by molar-refractivity contribution is -0.125. The van der Waals surface area contributed by atoms with Gasteiger partial charge in [-0.25, -0.2) is 8.42 Å². The van der Waals surface area contributed by atoms with Crippen LogP contribution in [-0.4, -0.2) is 32.7 Å². The molecule has 160 valence electrons. The van der Waals surface area contributed by atoms with Crippen molar-refractivity contribution in [3.63, 3.8) is 0 Å². The predicted molar refractivity (Wildman–Crippen MR) is 119 cm³/mol. The zero-order valence-corrected chi connectivity index (χ0v) is 17.7. The Hall–Kier alpha value is -3.29. The summed E-state index contributed by atoms with van der Waals surface area (Å²) in [6.45, 7) is 0. The monoisotopic (exact) mass is 436 g/mol. The number of aldehydes is 1. The minimum absolute atomic E-state index is 0.0667. The summed E-state index contributed by atoms with van der Waals surface area (Å²) in [5.41, 5.74) is 1.69. The summed E-state index contributed by atoms with van der Waals surface area (Å²) >= 11 is 0. The summed E-state index contributed by atoms with van der Waals surface area (Å²) < 4.78 is 28.1. The number of carbonyl (C=O) groups excluding carboxylic acids is 2. The molecule has 6 nitrogen and oxygen atoms in total. The van der Waals surface area contributed by atoms with Crippen LogP contribution in [-0.2, 0) is 32.5 Å². The summed E-state index contributed by atoms with van der Waals surface area (Å²) in [4.78, 5) is 24.7. The quantitative estimate of drug-likeness (QED) is 0.478. The molecule has 2 N–H and O–H groups in total. The zero-order valence-electron chi connectivity index (χ0n) is 16.8. The van der Waals surface area contributed by atoms with Gasteiger partial charge in [0.05, 0.1) is 10.9 Å². The topological polar surface area (TPSA) is 92.3 Å².